The van der Waals surface area contributed by atoms with Crippen LogP contribution in [0.4, 0.5) is 0 Å². The van der Waals surface area contributed by atoms with Gasteiger partial charge in [0.1, 0.15) is 0 Å². The maximum Gasteiger partial charge on any atom is 0.155 e. The highest BCUT2D eigenvalue weighted by atomic mass is 127. The molecule has 0 aromatic rings. The van der Waals surface area contributed by atoms with Gasteiger partial charge < -0.3 is 9.47 Å². The van der Waals surface area contributed by atoms with Crippen molar-refractivity contribution < 1.29 is 9.47 Å². The zero-order valence-corrected chi connectivity index (χ0v) is 10.1. The van der Waals surface area contributed by atoms with Crippen LogP contribution in [-0.4, -0.2) is 23.4 Å². The van der Waals surface area contributed by atoms with E-state index in [2.05, 4.69) is 36.4 Å². The monoisotopic (exact) mass is 284 g/mol. The molecule has 1 rings (SSSR count). The molecule has 4 unspecified atom stereocenters. The molecule has 1 heterocycles. The van der Waals surface area contributed by atoms with E-state index in [0.29, 0.717) is 17.9 Å². The van der Waals surface area contributed by atoms with Crippen LogP contribution in [0, 0.1) is 11.8 Å². The first-order chi connectivity index (χ1) is 5.65. The Morgan fingerprint density at radius 1 is 1.50 bits per heavy atom. The first kappa shape index (κ1) is 10.7. The third kappa shape index (κ3) is 2.57. The van der Waals surface area contributed by atoms with Crippen LogP contribution in [0.2, 0.25) is 0 Å². The minimum atomic E-state index is -0.0170. The summed E-state index contributed by atoms with van der Waals surface area (Å²) in [4.78, 5) is 0. The number of ether oxygens (including phenoxy) is 2. The topological polar surface area (TPSA) is 18.5 Å². The lowest BCUT2D eigenvalue weighted by Gasteiger charge is -2.36. The van der Waals surface area contributed by atoms with Crippen LogP contribution >= 0.6 is 22.6 Å². The lowest BCUT2D eigenvalue weighted by Crippen LogP contribution is -2.41. The Kier molecular flexibility index (Phi) is 4.26. The van der Waals surface area contributed by atoms with E-state index in [1.165, 1.54) is 0 Å². The number of halogens is 1. The van der Waals surface area contributed by atoms with Gasteiger partial charge in [-0.2, -0.15) is 0 Å². The van der Waals surface area contributed by atoms with Crippen molar-refractivity contribution in [2.75, 3.05) is 11.0 Å². The number of alkyl halides is 1. The SMILES string of the molecule is CC1OCC(C)C(C(C)CI)O1. The molecule has 3 heteroatoms. The lowest BCUT2D eigenvalue weighted by molar-refractivity contribution is -0.233. The zero-order chi connectivity index (χ0) is 9.14. The molecule has 0 amide bonds. The Balaban J connectivity index is 2.48. The fourth-order valence-corrected chi connectivity index (χ4v) is 2.06. The van der Waals surface area contributed by atoms with E-state index < -0.39 is 0 Å². The maximum atomic E-state index is 5.72. The van der Waals surface area contributed by atoms with Crippen LogP contribution in [0.15, 0.2) is 0 Å². The van der Waals surface area contributed by atoms with E-state index in [0.717, 1.165) is 11.0 Å². The smallest absolute Gasteiger partial charge is 0.155 e. The zero-order valence-electron chi connectivity index (χ0n) is 7.92. The molecule has 0 saturated carbocycles. The molecule has 72 valence electrons. The van der Waals surface area contributed by atoms with E-state index in [9.17, 15) is 0 Å². The van der Waals surface area contributed by atoms with E-state index in [4.69, 9.17) is 9.47 Å². The highest BCUT2D eigenvalue weighted by Crippen LogP contribution is 2.25. The molecule has 0 N–H and O–H groups in total. The Morgan fingerprint density at radius 2 is 2.17 bits per heavy atom. The molecule has 1 saturated heterocycles. The van der Waals surface area contributed by atoms with Gasteiger partial charge in [0.05, 0.1) is 12.7 Å². The molecule has 0 aliphatic carbocycles. The van der Waals surface area contributed by atoms with Crippen LogP contribution in [0.5, 0.6) is 0 Å². The summed E-state index contributed by atoms with van der Waals surface area (Å²) in [5, 5.41) is 0. The second-order valence-corrected chi connectivity index (χ2v) is 4.49. The molecule has 0 aromatic carbocycles. The first-order valence-electron chi connectivity index (χ1n) is 4.48. The second kappa shape index (κ2) is 4.77. The quantitative estimate of drug-likeness (QED) is 0.573. The average molecular weight is 284 g/mol. The third-order valence-electron chi connectivity index (χ3n) is 2.31. The van der Waals surface area contributed by atoms with Crippen LogP contribution in [-0.2, 0) is 9.47 Å². The van der Waals surface area contributed by atoms with Gasteiger partial charge in [0.15, 0.2) is 6.29 Å². The van der Waals surface area contributed by atoms with Gasteiger partial charge in [-0.3, -0.25) is 0 Å². The van der Waals surface area contributed by atoms with Crippen LogP contribution < -0.4 is 0 Å². The summed E-state index contributed by atoms with van der Waals surface area (Å²) in [5.41, 5.74) is 0. The molecule has 4 atom stereocenters. The van der Waals surface area contributed by atoms with Gasteiger partial charge in [-0.15, -0.1) is 0 Å². The van der Waals surface area contributed by atoms with Gasteiger partial charge in [-0.05, 0) is 12.8 Å². The van der Waals surface area contributed by atoms with Gasteiger partial charge in [-0.25, -0.2) is 0 Å². The van der Waals surface area contributed by atoms with E-state index in [-0.39, 0.29) is 6.29 Å². The van der Waals surface area contributed by atoms with Crippen molar-refractivity contribution in [1.82, 2.24) is 0 Å². The Bertz CT molecular complexity index is 136. The van der Waals surface area contributed by atoms with Crippen LogP contribution in [0.25, 0.3) is 0 Å². The van der Waals surface area contributed by atoms with Gasteiger partial charge in [0.25, 0.3) is 0 Å². The summed E-state index contributed by atoms with van der Waals surface area (Å²) < 4.78 is 12.3. The van der Waals surface area contributed by atoms with Gasteiger partial charge in [0.2, 0.25) is 0 Å². The van der Waals surface area contributed by atoms with E-state index in [1.54, 1.807) is 0 Å². The van der Waals surface area contributed by atoms with Gasteiger partial charge in [-0.1, -0.05) is 36.4 Å². The predicted molar refractivity (Wildman–Crippen MR) is 57.5 cm³/mol. The van der Waals surface area contributed by atoms with Crippen molar-refractivity contribution in [1.29, 1.82) is 0 Å². The van der Waals surface area contributed by atoms with Crippen molar-refractivity contribution in [3.8, 4) is 0 Å². The van der Waals surface area contributed by atoms with Gasteiger partial charge >= 0.3 is 0 Å². The standard InChI is InChI=1S/C9H17IO2/c1-6(4-10)9-7(2)5-11-8(3)12-9/h6-9H,4-5H2,1-3H3. The van der Waals surface area contributed by atoms with Crippen LogP contribution in [0.3, 0.4) is 0 Å². The average Bonchev–Trinajstić information content (AvgIpc) is 2.08. The molecule has 1 aliphatic rings. The largest absolute Gasteiger partial charge is 0.353 e. The lowest BCUT2D eigenvalue weighted by atomic mass is 9.94. The fourth-order valence-electron chi connectivity index (χ4n) is 1.56. The molecule has 0 aromatic heterocycles. The fraction of sp³-hybridized carbons (Fsp3) is 1.00. The summed E-state index contributed by atoms with van der Waals surface area (Å²) in [7, 11) is 0. The molecule has 0 bridgehead atoms. The summed E-state index contributed by atoms with van der Waals surface area (Å²) in [6.07, 6.45) is 0.363. The summed E-state index contributed by atoms with van der Waals surface area (Å²) in [6.45, 7) is 7.25. The molecule has 0 radical (unpaired) electrons. The molecule has 0 spiro atoms. The third-order valence-corrected chi connectivity index (χ3v) is 3.70. The second-order valence-electron chi connectivity index (χ2n) is 3.61. The summed E-state index contributed by atoms with van der Waals surface area (Å²) in [6, 6.07) is 0. The molecule has 2 nitrogen and oxygen atoms in total. The molecular formula is C9H17IO2. The molecule has 1 fully saturated rings. The minimum absolute atomic E-state index is 0.0170. The molecule has 12 heavy (non-hydrogen) atoms. The first-order valence-corrected chi connectivity index (χ1v) is 6.00. The highest BCUT2D eigenvalue weighted by molar-refractivity contribution is 14.1. The van der Waals surface area contributed by atoms with Crippen molar-refractivity contribution >= 4 is 22.6 Å². The predicted octanol–water partition coefficient (Wildman–Crippen LogP) is 2.46. The summed E-state index contributed by atoms with van der Waals surface area (Å²) in [5.74, 6) is 1.16. The molecular weight excluding hydrogens is 267 g/mol. The number of hydrogen-bond donors (Lipinski definition) is 0. The summed E-state index contributed by atoms with van der Waals surface area (Å²) >= 11 is 2.41. The maximum absolute atomic E-state index is 5.72. The van der Waals surface area contributed by atoms with Crippen molar-refractivity contribution in [2.24, 2.45) is 11.8 Å². The Labute approximate surface area is 88.1 Å². The van der Waals surface area contributed by atoms with Crippen molar-refractivity contribution in [3.63, 3.8) is 0 Å². The molecule has 1 aliphatic heterocycles. The highest BCUT2D eigenvalue weighted by Gasteiger charge is 2.30. The Morgan fingerprint density at radius 3 is 2.75 bits per heavy atom. The Hall–Kier alpha value is 0.650. The van der Waals surface area contributed by atoms with Gasteiger partial charge in [0, 0.05) is 10.3 Å². The normalized spacial score (nSPS) is 39.5. The van der Waals surface area contributed by atoms with E-state index >= 15 is 0 Å². The number of hydrogen-bond acceptors (Lipinski definition) is 2. The minimum Gasteiger partial charge on any atom is -0.353 e. The van der Waals surface area contributed by atoms with Crippen molar-refractivity contribution in [3.05, 3.63) is 0 Å². The van der Waals surface area contributed by atoms with E-state index in [1.807, 2.05) is 6.92 Å². The van der Waals surface area contributed by atoms with Crippen molar-refractivity contribution in [2.45, 2.75) is 33.2 Å². The van der Waals surface area contributed by atoms with Crippen LogP contribution in [0.1, 0.15) is 20.8 Å². The number of rotatable bonds is 2.